The minimum absolute atomic E-state index is 0.0317. The highest BCUT2D eigenvalue weighted by molar-refractivity contribution is 6.30. The van der Waals surface area contributed by atoms with E-state index in [1.807, 2.05) is 0 Å². The lowest BCUT2D eigenvalue weighted by Crippen LogP contribution is -2.31. The summed E-state index contributed by atoms with van der Waals surface area (Å²) in [7, 11) is 1.12. The highest BCUT2D eigenvalue weighted by Crippen LogP contribution is 2.28. The monoisotopic (exact) mass is 346 g/mol. The number of methoxy groups -OCH3 is 1. The van der Waals surface area contributed by atoms with Crippen molar-refractivity contribution in [3.05, 3.63) is 40.1 Å². The largest absolute Gasteiger partial charge is 0.466 e. The van der Waals surface area contributed by atoms with Crippen molar-refractivity contribution in [3.8, 4) is 0 Å². The van der Waals surface area contributed by atoms with E-state index in [9.17, 15) is 18.4 Å². The lowest BCUT2D eigenvalue weighted by molar-refractivity contribution is -0.136. The Morgan fingerprint density at radius 3 is 2.57 bits per heavy atom. The number of β-amino-alcohol motifs (C(OH)–C–C–N with tert-alkyl or cyclic N) is 1. The third-order valence-corrected chi connectivity index (χ3v) is 3.43. The topological polar surface area (TPSA) is 78.9 Å². The number of nitrogens with one attached hydrogen (secondary N) is 1. The van der Waals surface area contributed by atoms with E-state index in [1.165, 1.54) is 0 Å². The van der Waals surface area contributed by atoms with Gasteiger partial charge in [0.25, 0.3) is 5.91 Å². The van der Waals surface area contributed by atoms with Crippen LogP contribution in [-0.4, -0.2) is 48.7 Å². The molecule has 9 heteroatoms. The van der Waals surface area contributed by atoms with Crippen LogP contribution in [0.4, 0.5) is 14.5 Å². The first-order valence-electron chi connectivity index (χ1n) is 6.52. The maximum Gasteiger partial charge on any atom is 0.337 e. The van der Waals surface area contributed by atoms with Crippen LogP contribution in [-0.2, 0) is 14.3 Å². The van der Waals surface area contributed by atoms with E-state index < -0.39 is 29.2 Å². The Hall–Kier alpha value is -2.19. The summed E-state index contributed by atoms with van der Waals surface area (Å²) >= 11 is 5.54. The average Bonchev–Trinajstić information content (AvgIpc) is 2.79. The van der Waals surface area contributed by atoms with E-state index in [-0.39, 0.29) is 36.0 Å². The number of hydrogen-bond acceptors (Lipinski definition) is 5. The van der Waals surface area contributed by atoms with Crippen molar-refractivity contribution in [2.45, 2.75) is 0 Å². The second-order valence-corrected chi connectivity index (χ2v) is 5.10. The molecule has 2 rings (SSSR count). The average molecular weight is 347 g/mol. The second kappa shape index (κ2) is 6.93. The normalized spacial score (nSPS) is 14.5. The lowest BCUT2D eigenvalue weighted by Gasteiger charge is -2.15. The highest BCUT2D eigenvalue weighted by Gasteiger charge is 2.35. The van der Waals surface area contributed by atoms with Crippen molar-refractivity contribution in [1.29, 1.82) is 0 Å². The number of carbonyl (C=O) groups excluding carboxylic acids is 2. The van der Waals surface area contributed by atoms with Gasteiger partial charge in [0.05, 0.1) is 25.8 Å². The molecule has 0 unspecified atom stereocenters. The van der Waals surface area contributed by atoms with Crippen molar-refractivity contribution >= 4 is 29.2 Å². The third kappa shape index (κ3) is 3.43. The van der Waals surface area contributed by atoms with Gasteiger partial charge in [-0.05, 0) is 12.1 Å². The van der Waals surface area contributed by atoms with Gasteiger partial charge in [-0.15, -0.1) is 0 Å². The van der Waals surface area contributed by atoms with Crippen LogP contribution in [0.3, 0.4) is 0 Å². The fraction of sp³-hybridized carbons (Fsp3) is 0.286. The predicted octanol–water partition coefficient (Wildman–Crippen LogP) is 1.29. The fourth-order valence-corrected chi connectivity index (χ4v) is 2.33. The van der Waals surface area contributed by atoms with Crippen LogP contribution in [0.15, 0.2) is 23.4 Å². The Morgan fingerprint density at radius 1 is 1.43 bits per heavy atom. The van der Waals surface area contributed by atoms with E-state index in [1.54, 1.807) is 0 Å². The molecule has 0 bridgehead atoms. The molecule has 0 saturated heterocycles. The van der Waals surface area contributed by atoms with Gasteiger partial charge in [0, 0.05) is 11.6 Å². The molecule has 1 amide bonds. The Bertz CT molecular complexity index is 670. The standard InChI is InChI=1S/C14H13ClF2N2O4/c1-23-14(22)8-6-19(2-3-20)13(21)11(8)18-12-9(16)4-7(15)5-10(12)17/h4-5,18,20H,2-3,6H2,1H3. The number of ether oxygens (including phenoxy) is 1. The van der Waals surface area contributed by atoms with Crippen LogP contribution in [0, 0.1) is 11.6 Å². The highest BCUT2D eigenvalue weighted by atomic mass is 35.5. The predicted molar refractivity (Wildman–Crippen MR) is 77.7 cm³/mol. The first-order chi connectivity index (χ1) is 10.9. The van der Waals surface area contributed by atoms with Crippen LogP contribution in [0.25, 0.3) is 0 Å². The molecule has 0 saturated carbocycles. The molecular weight excluding hydrogens is 334 g/mol. The van der Waals surface area contributed by atoms with Gasteiger partial charge in [0.2, 0.25) is 0 Å². The van der Waals surface area contributed by atoms with Crippen LogP contribution in [0.5, 0.6) is 0 Å². The molecule has 2 N–H and O–H groups in total. The summed E-state index contributed by atoms with van der Waals surface area (Å²) in [6.07, 6.45) is 0. The fourth-order valence-electron chi connectivity index (χ4n) is 2.14. The molecule has 0 aliphatic carbocycles. The number of esters is 1. The number of benzene rings is 1. The number of halogens is 3. The SMILES string of the molecule is COC(=O)C1=C(Nc2c(F)cc(Cl)cc2F)C(=O)N(CCO)C1. The van der Waals surface area contributed by atoms with Gasteiger partial charge in [0.15, 0.2) is 11.6 Å². The van der Waals surface area contributed by atoms with Crippen molar-refractivity contribution in [2.24, 2.45) is 0 Å². The molecule has 1 aliphatic heterocycles. The maximum atomic E-state index is 13.9. The Labute approximate surface area is 135 Å². The van der Waals surface area contributed by atoms with Crippen molar-refractivity contribution in [2.75, 3.05) is 32.1 Å². The van der Waals surface area contributed by atoms with Gasteiger partial charge in [-0.3, -0.25) is 4.79 Å². The van der Waals surface area contributed by atoms with E-state index in [0.717, 1.165) is 24.1 Å². The molecule has 1 aromatic carbocycles. The molecule has 6 nitrogen and oxygen atoms in total. The first-order valence-corrected chi connectivity index (χ1v) is 6.90. The third-order valence-electron chi connectivity index (χ3n) is 3.21. The number of amides is 1. The number of aliphatic hydroxyl groups excluding tert-OH is 1. The lowest BCUT2D eigenvalue weighted by atomic mass is 10.2. The molecular formula is C14H13ClF2N2O4. The molecule has 1 aliphatic rings. The first kappa shape index (κ1) is 17.2. The molecule has 0 atom stereocenters. The number of nitrogens with zero attached hydrogens (tertiary/aromatic N) is 1. The van der Waals surface area contributed by atoms with Gasteiger partial charge >= 0.3 is 5.97 Å². The van der Waals surface area contributed by atoms with Gasteiger partial charge in [-0.25, -0.2) is 13.6 Å². The summed E-state index contributed by atoms with van der Waals surface area (Å²) in [4.78, 5) is 25.2. The van der Waals surface area contributed by atoms with Crippen LogP contribution >= 0.6 is 11.6 Å². The molecule has 0 spiro atoms. The number of anilines is 1. The van der Waals surface area contributed by atoms with Gasteiger partial charge in [-0.1, -0.05) is 11.6 Å². The van der Waals surface area contributed by atoms with E-state index in [4.69, 9.17) is 16.7 Å². The summed E-state index contributed by atoms with van der Waals surface area (Å²) in [6, 6.07) is 1.74. The zero-order valence-corrected chi connectivity index (χ0v) is 12.8. The molecule has 0 aromatic heterocycles. The van der Waals surface area contributed by atoms with E-state index in [2.05, 4.69) is 10.1 Å². The Balaban J connectivity index is 2.41. The van der Waals surface area contributed by atoms with Crippen LogP contribution in [0.1, 0.15) is 0 Å². The number of aliphatic hydroxyl groups is 1. The Morgan fingerprint density at radius 2 is 2.04 bits per heavy atom. The summed E-state index contributed by atoms with van der Waals surface area (Å²) in [6.45, 7) is -0.488. The summed E-state index contributed by atoms with van der Waals surface area (Å²) < 4.78 is 32.3. The molecule has 0 radical (unpaired) electrons. The summed E-state index contributed by atoms with van der Waals surface area (Å²) in [5.74, 6) is -3.51. The zero-order valence-electron chi connectivity index (χ0n) is 12.0. The smallest absolute Gasteiger partial charge is 0.337 e. The maximum absolute atomic E-state index is 13.9. The second-order valence-electron chi connectivity index (χ2n) is 4.66. The summed E-state index contributed by atoms with van der Waals surface area (Å²) in [5.41, 5.74) is -0.991. The van der Waals surface area contributed by atoms with Gasteiger partial charge in [0.1, 0.15) is 11.4 Å². The van der Waals surface area contributed by atoms with Gasteiger partial charge < -0.3 is 20.1 Å². The van der Waals surface area contributed by atoms with Crippen molar-refractivity contribution in [3.63, 3.8) is 0 Å². The zero-order chi connectivity index (χ0) is 17.1. The van der Waals surface area contributed by atoms with Crippen LogP contribution in [0.2, 0.25) is 5.02 Å². The molecule has 1 aromatic rings. The molecule has 1 heterocycles. The quantitative estimate of drug-likeness (QED) is 0.786. The van der Waals surface area contributed by atoms with Gasteiger partial charge in [-0.2, -0.15) is 0 Å². The molecule has 23 heavy (non-hydrogen) atoms. The Kier molecular flexibility index (Phi) is 5.17. The molecule has 0 fully saturated rings. The molecule has 124 valence electrons. The minimum Gasteiger partial charge on any atom is -0.466 e. The van der Waals surface area contributed by atoms with Crippen molar-refractivity contribution in [1.82, 2.24) is 4.90 Å². The minimum atomic E-state index is -1.01. The summed E-state index contributed by atoms with van der Waals surface area (Å²) in [5, 5.41) is 11.1. The van der Waals surface area contributed by atoms with E-state index >= 15 is 0 Å². The number of carbonyl (C=O) groups is 2. The van der Waals surface area contributed by atoms with Crippen LogP contribution < -0.4 is 5.32 Å². The number of rotatable bonds is 5. The van der Waals surface area contributed by atoms with E-state index in [0.29, 0.717) is 0 Å². The number of hydrogen-bond donors (Lipinski definition) is 2. The van der Waals surface area contributed by atoms with Crippen molar-refractivity contribution < 1.29 is 28.2 Å².